The number of ether oxygens (including phenoxy) is 2. The van der Waals surface area contributed by atoms with Crippen molar-refractivity contribution in [3.05, 3.63) is 83.9 Å². The number of nitrogens with zero attached hydrogens (tertiary/aromatic N) is 1. The van der Waals surface area contributed by atoms with Crippen LogP contribution in [0.25, 0.3) is 0 Å². The van der Waals surface area contributed by atoms with E-state index in [1.165, 1.54) is 25.3 Å². The molecule has 3 aromatic rings. The Balaban J connectivity index is 1.89. The molecule has 1 N–H and O–H groups in total. The third-order valence-electron chi connectivity index (χ3n) is 4.91. The standard InChI is InChI=1S/C25H26N2O6S/c1-4-33-25(29)19-6-5-7-20(16-19)26-24(28)17-27(21-10-8-18(2)9-11-21)34(30,31)23-14-12-22(32-3)13-15-23/h5-16H,4,17H2,1-3H3,(H,26,28). The van der Waals surface area contributed by atoms with Gasteiger partial charge in [0.15, 0.2) is 0 Å². The van der Waals surface area contributed by atoms with Crippen molar-refractivity contribution in [1.82, 2.24) is 0 Å². The van der Waals surface area contributed by atoms with Gasteiger partial charge >= 0.3 is 5.97 Å². The van der Waals surface area contributed by atoms with Gasteiger partial charge in [-0.25, -0.2) is 13.2 Å². The average Bonchev–Trinajstić information content (AvgIpc) is 2.83. The second-order valence-corrected chi connectivity index (χ2v) is 9.23. The highest BCUT2D eigenvalue weighted by atomic mass is 32.2. The number of rotatable bonds is 9. The second kappa shape index (κ2) is 10.8. The van der Waals surface area contributed by atoms with Crippen LogP contribution in [0.2, 0.25) is 0 Å². The first-order valence-electron chi connectivity index (χ1n) is 10.5. The Hall–Kier alpha value is -3.85. The lowest BCUT2D eigenvalue weighted by Crippen LogP contribution is -2.38. The van der Waals surface area contributed by atoms with Crippen molar-refractivity contribution in [2.45, 2.75) is 18.7 Å². The molecule has 0 unspecified atom stereocenters. The van der Waals surface area contributed by atoms with E-state index in [-0.39, 0.29) is 17.1 Å². The van der Waals surface area contributed by atoms with E-state index in [0.717, 1.165) is 9.87 Å². The highest BCUT2D eigenvalue weighted by Crippen LogP contribution is 2.25. The number of amides is 1. The third kappa shape index (κ3) is 5.93. The molecule has 3 aromatic carbocycles. The van der Waals surface area contributed by atoms with Crippen molar-refractivity contribution in [2.75, 3.05) is 29.9 Å². The number of carbonyl (C=O) groups excluding carboxylic acids is 2. The number of aryl methyl sites for hydroxylation is 1. The quantitative estimate of drug-likeness (QED) is 0.462. The minimum Gasteiger partial charge on any atom is -0.497 e. The van der Waals surface area contributed by atoms with E-state index in [1.807, 2.05) is 6.92 Å². The average molecular weight is 483 g/mol. The molecule has 0 aliphatic rings. The fourth-order valence-corrected chi connectivity index (χ4v) is 4.59. The highest BCUT2D eigenvalue weighted by molar-refractivity contribution is 7.92. The number of hydrogen-bond acceptors (Lipinski definition) is 6. The van der Waals surface area contributed by atoms with Gasteiger partial charge in [-0.2, -0.15) is 0 Å². The van der Waals surface area contributed by atoms with Gasteiger partial charge in [-0.15, -0.1) is 0 Å². The number of hydrogen-bond donors (Lipinski definition) is 1. The van der Waals surface area contributed by atoms with Crippen LogP contribution in [0.3, 0.4) is 0 Å². The van der Waals surface area contributed by atoms with Crippen molar-refractivity contribution >= 4 is 33.3 Å². The summed E-state index contributed by atoms with van der Waals surface area (Å²) in [5, 5.41) is 2.66. The summed E-state index contributed by atoms with van der Waals surface area (Å²) in [7, 11) is -2.58. The zero-order valence-electron chi connectivity index (χ0n) is 19.1. The maximum absolute atomic E-state index is 13.5. The molecule has 0 aromatic heterocycles. The van der Waals surface area contributed by atoms with Crippen LogP contribution in [0.4, 0.5) is 11.4 Å². The molecule has 9 heteroatoms. The summed E-state index contributed by atoms with van der Waals surface area (Å²) in [5.41, 5.74) is 1.92. The van der Waals surface area contributed by atoms with E-state index in [1.54, 1.807) is 61.5 Å². The SMILES string of the molecule is CCOC(=O)c1cccc(NC(=O)CN(c2ccc(C)cc2)S(=O)(=O)c2ccc(OC)cc2)c1. The fraction of sp³-hybridized carbons (Fsp3) is 0.200. The van der Waals surface area contributed by atoms with Crippen molar-refractivity contribution < 1.29 is 27.5 Å². The molecule has 1 amide bonds. The molecule has 0 heterocycles. The second-order valence-electron chi connectivity index (χ2n) is 7.37. The van der Waals surface area contributed by atoms with Gasteiger partial charge in [0.1, 0.15) is 12.3 Å². The predicted octanol–water partition coefficient (Wildman–Crippen LogP) is 4.01. The van der Waals surface area contributed by atoms with Crippen LogP contribution >= 0.6 is 0 Å². The Morgan fingerprint density at radius 3 is 2.26 bits per heavy atom. The van der Waals surface area contributed by atoms with Crippen molar-refractivity contribution in [3.63, 3.8) is 0 Å². The van der Waals surface area contributed by atoms with Gasteiger partial charge in [0.05, 0.1) is 29.9 Å². The summed E-state index contributed by atoms with van der Waals surface area (Å²) in [6, 6.07) is 19.0. The van der Waals surface area contributed by atoms with Crippen LogP contribution in [0.1, 0.15) is 22.8 Å². The molecule has 8 nitrogen and oxygen atoms in total. The minimum atomic E-state index is -4.07. The maximum Gasteiger partial charge on any atom is 0.338 e. The molecule has 0 aliphatic carbocycles. The monoisotopic (exact) mass is 482 g/mol. The number of nitrogens with one attached hydrogen (secondary N) is 1. The van der Waals surface area contributed by atoms with Crippen LogP contribution in [-0.2, 0) is 19.6 Å². The lowest BCUT2D eigenvalue weighted by atomic mass is 10.2. The zero-order chi connectivity index (χ0) is 24.7. The van der Waals surface area contributed by atoms with E-state index >= 15 is 0 Å². The molecule has 0 aliphatic heterocycles. The Bertz CT molecular complexity index is 1260. The van der Waals surface area contributed by atoms with Crippen LogP contribution in [0.15, 0.2) is 77.7 Å². The van der Waals surface area contributed by atoms with Crippen LogP contribution in [0, 0.1) is 6.92 Å². The summed E-state index contributed by atoms with van der Waals surface area (Å²) in [5.74, 6) is -0.569. The van der Waals surface area contributed by atoms with Crippen LogP contribution < -0.4 is 14.4 Å². The van der Waals surface area contributed by atoms with E-state index < -0.39 is 28.4 Å². The van der Waals surface area contributed by atoms with Gasteiger partial charge in [-0.1, -0.05) is 23.8 Å². The van der Waals surface area contributed by atoms with E-state index in [0.29, 0.717) is 17.1 Å². The summed E-state index contributed by atoms with van der Waals surface area (Å²) in [4.78, 5) is 24.9. The number of carbonyl (C=O) groups is 2. The Morgan fingerprint density at radius 2 is 1.65 bits per heavy atom. The molecular formula is C25H26N2O6S. The normalized spacial score (nSPS) is 10.9. The molecule has 34 heavy (non-hydrogen) atoms. The van der Waals surface area contributed by atoms with Gasteiger partial charge in [0, 0.05) is 5.69 Å². The van der Waals surface area contributed by atoms with E-state index in [2.05, 4.69) is 5.32 Å². The summed E-state index contributed by atoms with van der Waals surface area (Å²) >= 11 is 0. The van der Waals surface area contributed by atoms with Gasteiger partial charge in [-0.05, 0) is 68.4 Å². The lowest BCUT2D eigenvalue weighted by molar-refractivity contribution is -0.114. The largest absolute Gasteiger partial charge is 0.497 e. The molecule has 0 spiro atoms. The fourth-order valence-electron chi connectivity index (χ4n) is 3.17. The number of esters is 1. The Kier molecular flexibility index (Phi) is 7.91. The van der Waals surface area contributed by atoms with Gasteiger partial charge in [0.25, 0.3) is 10.0 Å². The lowest BCUT2D eigenvalue weighted by Gasteiger charge is -2.24. The van der Waals surface area contributed by atoms with Crippen molar-refractivity contribution in [3.8, 4) is 5.75 Å². The van der Waals surface area contributed by atoms with Crippen LogP contribution in [0.5, 0.6) is 5.75 Å². The van der Waals surface area contributed by atoms with Crippen molar-refractivity contribution in [2.24, 2.45) is 0 Å². The van der Waals surface area contributed by atoms with Crippen molar-refractivity contribution in [1.29, 1.82) is 0 Å². The first-order chi connectivity index (χ1) is 16.2. The van der Waals surface area contributed by atoms with Gasteiger partial charge < -0.3 is 14.8 Å². The number of sulfonamides is 1. The summed E-state index contributed by atoms with van der Waals surface area (Å²) < 4.78 is 38.1. The predicted molar refractivity (Wildman–Crippen MR) is 130 cm³/mol. The molecule has 0 radical (unpaired) electrons. The highest BCUT2D eigenvalue weighted by Gasteiger charge is 2.27. The van der Waals surface area contributed by atoms with E-state index in [9.17, 15) is 18.0 Å². The van der Waals surface area contributed by atoms with Gasteiger partial charge in [0.2, 0.25) is 5.91 Å². The first kappa shape index (κ1) is 24.8. The third-order valence-corrected chi connectivity index (χ3v) is 6.70. The molecule has 0 saturated heterocycles. The first-order valence-corrected chi connectivity index (χ1v) is 12.0. The van der Waals surface area contributed by atoms with Crippen LogP contribution in [-0.4, -0.2) is 40.6 Å². The zero-order valence-corrected chi connectivity index (χ0v) is 20.0. The topological polar surface area (TPSA) is 102 Å². The number of benzene rings is 3. The maximum atomic E-state index is 13.5. The molecule has 0 atom stereocenters. The molecule has 0 saturated carbocycles. The minimum absolute atomic E-state index is 0.0194. The molecule has 3 rings (SSSR count). The van der Waals surface area contributed by atoms with E-state index in [4.69, 9.17) is 9.47 Å². The Labute approximate surface area is 199 Å². The molecule has 0 fully saturated rings. The molecule has 178 valence electrons. The summed E-state index contributed by atoms with van der Waals surface area (Å²) in [6.07, 6.45) is 0. The number of methoxy groups -OCH3 is 1. The van der Waals surface area contributed by atoms with Gasteiger partial charge in [-0.3, -0.25) is 9.10 Å². The Morgan fingerprint density at radius 1 is 0.971 bits per heavy atom. The molecule has 0 bridgehead atoms. The molecular weight excluding hydrogens is 456 g/mol. The summed E-state index contributed by atoms with van der Waals surface area (Å²) in [6.45, 7) is 3.34. The number of anilines is 2. The smallest absolute Gasteiger partial charge is 0.338 e.